The Labute approximate surface area is 202 Å². The fourth-order valence-electron chi connectivity index (χ4n) is 3.34. The number of aromatic nitrogens is 2. The number of nitrogens with zero attached hydrogens (tertiary/aromatic N) is 3. The number of urea groups is 1. The lowest BCUT2D eigenvalue weighted by atomic mass is 10.1. The molecule has 0 aliphatic carbocycles. The van der Waals surface area contributed by atoms with Gasteiger partial charge in [-0.25, -0.2) is 14.8 Å². The molecule has 0 bridgehead atoms. The van der Waals surface area contributed by atoms with Crippen LogP contribution in [-0.4, -0.2) is 30.2 Å². The Morgan fingerprint density at radius 2 is 1.66 bits per heavy atom. The SMILES string of the molecule is COc1cc(NC(=O)Nc2ccccc2)cc(Nc2nccc(-c3ccc(OC)c(C#N)c3)n2)c1. The molecule has 3 N–H and O–H groups in total. The second-order valence-electron chi connectivity index (χ2n) is 7.31. The molecule has 0 spiro atoms. The Balaban J connectivity index is 1.54. The molecule has 0 fully saturated rings. The summed E-state index contributed by atoms with van der Waals surface area (Å²) in [5.74, 6) is 1.37. The van der Waals surface area contributed by atoms with E-state index in [-0.39, 0.29) is 6.03 Å². The lowest BCUT2D eigenvalue weighted by molar-refractivity contribution is 0.262. The van der Waals surface area contributed by atoms with E-state index in [1.165, 1.54) is 7.11 Å². The number of nitrogens with one attached hydrogen (secondary N) is 3. The number of ether oxygens (including phenoxy) is 2. The van der Waals surface area contributed by atoms with Crippen LogP contribution < -0.4 is 25.4 Å². The van der Waals surface area contributed by atoms with Gasteiger partial charge in [-0.2, -0.15) is 5.26 Å². The van der Waals surface area contributed by atoms with Crippen molar-refractivity contribution in [2.24, 2.45) is 0 Å². The molecule has 0 saturated carbocycles. The second-order valence-corrected chi connectivity index (χ2v) is 7.31. The molecule has 0 unspecified atom stereocenters. The third-order valence-corrected chi connectivity index (χ3v) is 4.96. The van der Waals surface area contributed by atoms with Crippen LogP contribution in [0.5, 0.6) is 11.5 Å². The minimum absolute atomic E-state index is 0.338. The molecular formula is C26H22N6O3. The average Bonchev–Trinajstić information content (AvgIpc) is 2.88. The van der Waals surface area contributed by atoms with Gasteiger partial charge < -0.3 is 25.4 Å². The Bertz CT molecular complexity index is 1390. The summed E-state index contributed by atoms with van der Waals surface area (Å²) in [4.78, 5) is 21.3. The van der Waals surface area contributed by atoms with Gasteiger partial charge in [0.05, 0.1) is 25.5 Å². The molecule has 0 saturated heterocycles. The molecule has 35 heavy (non-hydrogen) atoms. The Morgan fingerprint density at radius 1 is 0.886 bits per heavy atom. The van der Waals surface area contributed by atoms with E-state index in [2.05, 4.69) is 32.0 Å². The number of amides is 2. The number of anilines is 4. The number of rotatable bonds is 7. The van der Waals surface area contributed by atoms with Gasteiger partial charge in [0.25, 0.3) is 0 Å². The van der Waals surface area contributed by atoms with Crippen LogP contribution >= 0.6 is 0 Å². The van der Waals surface area contributed by atoms with Gasteiger partial charge in [0.2, 0.25) is 5.95 Å². The third kappa shape index (κ3) is 5.83. The predicted octanol–water partition coefficient (Wildman–Crippen LogP) is 5.42. The van der Waals surface area contributed by atoms with Crippen LogP contribution in [0, 0.1) is 11.3 Å². The molecule has 0 atom stereocenters. The molecule has 2 amide bonds. The number of methoxy groups -OCH3 is 2. The maximum atomic E-state index is 12.4. The van der Waals surface area contributed by atoms with Crippen LogP contribution in [-0.2, 0) is 0 Å². The van der Waals surface area contributed by atoms with Crippen molar-refractivity contribution >= 4 is 29.0 Å². The van der Waals surface area contributed by atoms with Gasteiger partial charge in [0.1, 0.15) is 17.6 Å². The van der Waals surface area contributed by atoms with Crippen molar-refractivity contribution in [3.63, 3.8) is 0 Å². The lowest BCUT2D eigenvalue weighted by Gasteiger charge is -2.13. The summed E-state index contributed by atoms with van der Waals surface area (Å²) < 4.78 is 10.6. The van der Waals surface area contributed by atoms with Crippen molar-refractivity contribution in [3.05, 3.63) is 84.6 Å². The molecule has 1 heterocycles. The molecule has 1 aromatic heterocycles. The molecule has 9 nitrogen and oxygen atoms in total. The number of benzene rings is 3. The van der Waals surface area contributed by atoms with Gasteiger partial charge in [-0.15, -0.1) is 0 Å². The molecule has 3 aromatic carbocycles. The van der Waals surface area contributed by atoms with E-state index in [1.54, 1.807) is 61.8 Å². The Morgan fingerprint density at radius 3 is 2.40 bits per heavy atom. The summed E-state index contributed by atoms with van der Waals surface area (Å²) in [5.41, 5.74) is 3.60. The number of carbonyl (C=O) groups is 1. The summed E-state index contributed by atoms with van der Waals surface area (Å²) >= 11 is 0. The van der Waals surface area contributed by atoms with Crippen LogP contribution in [0.3, 0.4) is 0 Å². The molecule has 0 aliphatic heterocycles. The minimum atomic E-state index is -0.388. The highest BCUT2D eigenvalue weighted by atomic mass is 16.5. The summed E-state index contributed by atoms with van der Waals surface area (Å²) in [6.07, 6.45) is 1.62. The van der Waals surface area contributed by atoms with Crippen LogP contribution in [0.4, 0.5) is 27.8 Å². The molecule has 4 aromatic rings. The zero-order valence-electron chi connectivity index (χ0n) is 19.1. The van der Waals surface area contributed by atoms with Crippen molar-refractivity contribution in [2.45, 2.75) is 0 Å². The monoisotopic (exact) mass is 466 g/mol. The summed E-state index contributed by atoms with van der Waals surface area (Å²) in [5, 5.41) is 18.1. The quantitative estimate of drug-likeness (QED) is 0.332. The molecule has 174 valence electrons. The van der Waals surface area contributed by atoms with Gasteiger partial charge in [-0.05, 0) is 42.5 Å². The molecule has 9 heteroatoms. The zero-order chi connectivity index (χ0) is 24.6. The number of carbonyl (C=O) groups excluding carboxylic acids is 1. The molecule has 0 aliphatic rings. The summed E-state index contributed by atoms with van der Waals surface area (Å²) in [7, 11) is 3.06. The number of nitriles is 1. The molecule has 4 rings (SSSR count). The van der Waals surface area contributed by atoms with Crippen molar-refractivity contribution in [2.75, 3.05) is 30.2 Å². The summed E-state index contributed by atoms with van der Waals surface area (Å²) in [6.45, 7) is 0. The van der Waals surface area contributed by atoms with Crippen LogP contribution in [0.1, 0.15) is 5.56 Å². The highest BCUT2D eigenvalue weighted by Crippen LogP contribution is 2.28. The van der Waals surface area contributed by atoms with Gasteiger partial charge in [-0.3, -0.25) is 0 Å². The van der Waals surface area contributed by atoms with Crippen molar-refractivity contribution in [3.8, 4) is 28.8 Å². The largest absolute Gasteiger partial charge is 0.497 e. The predicted molar refractivity (Wildman–Crippen MR) is 134 cm³/mol. The Hall–Kier alpha value is -5.10. The molecular weight excluding hydrogens is 444 g/mol. The molecule has 0 radical (unpaired) electrons. The highest BCUT2D eigenvalue weighted by molar-refractivity contribution is 6.00. The zero-order valence-corrected chi connectivity index (χ0v) is 19.1. The van der Waals surface area contributed by atoms with Crippen LogP contribution in [0.25, 0.3) is 11.3 Å². The first kappa shape index (κ1) is 23.1. The second kappa shape index (κ2) is 10.7. The number of hydrogen-bond acceptors (Lipinski definition) is 7. The number of hydrogen-bond donors (Lipinski definition) is 3. The van der Waals surface area contributed by atoms with Crippen LogP contribution in [0.15, 0.2) is 79.0 Å². The first-order valence-corrected chi connectivity index (χ1v) is 10.6. The van der Waals surface area contributed by atoms with E-state index in [9.17, 15) is 10.1 Å². The average molecular weight is 467 g/mol. The van der Waals surface area contributed by atoms with Gasteiger partial charge in [-0.1, -0.05) is 18.2 Å². The minimum Gasteiger partial charge on any atom is -0.497 e. The van der Waals surface area contributed by atoms with Gasteiger partial charge >= 0.3 is 6.03 Å². The van der Waals surface area contributed by atoms with E-state index in [4.69, 9.17) is 9.47 Å². The third-order valence-electron chi connectivity index (χ3n) is 4.96. The van der Waals surface area contributed by atoms with Crippen molar-refractivity contribution in [1.82, 2.24) is 9.97 Å². The number of para-hydroxylation sites is 1. The van der Waals surface area contributed by atoms with Crippen molar-refractivity contribution < 1.29 is 14.3 Å². The van der Waals surface area contributed by atoms with E-state index >= 15 is 0 Å². The van der Waals surface area contributed by atoms with Crippen molar-refractivity contribution in [1.29, 1.82) is 5.26 Å². The first-order chi connectivity index (χ1) is 17.1. The standard InChI is InChI=1S/C26H22N6O3/c1-34-22-14-20(13-21(15-22)31-26(33)30-19-6-4-3-5-7-19)29-25-28-11-10-23(32-25)17-8-9-24(35-2)18(12-17)16-27/h3-15H,1-2H3,(H,28,29,32)(H2,30,31,33). The van der Waals surface area contributed by atoms with E-state index < -0.39 is 0 Å². The van der Waals surface area contributed by atoms with E-state index in [0.29, 0.717) is 45.8 Å². The van der Waals surface area contributed by atoms with Gasteiger partial charge in [0, 0.05) is 41.0 Å². The fourth-order valence-corrected chi connectivity index (χ4v) is 3.34. The summed E-state index contributed by atoms with van der Waals surface area (Å²) in [6, 6.07) is 23.1. The van der Waals surface area contributed by atoms with Crippen LogP contribution in [0.2, 0.25) is 0 Å². The normalized spacial score (nSPS) is 10.1. The first-order valence-electron chi connectivity index (χ1n) is 10.6. The van der Waals surface area contributed by atoms with E-state index in [0.717, 1.165) is 5.56 Å². The lowest BCUT2D eigenvalue weighted by Crippen LogP contribution is -2.19. The van der Waals surface area contributed by atoms with Gasteiger partial charge in [0.15, 0.2) is 0 Å². The maximum Gasteiger partial charge on any atom is 0.323 e. The highest BCUT2D eigenvalue weighted by Gasteiger charge is 2.10. The fraction of sp³-hybridized carbons (Fsp3) is 0.0769. The smallest absolute Gasteiger partial charge is 0.323 e. The maximum absolute atomic E-state index is 12.4. The topological polar surface area (TPSA) is 121 Å². The van der Waals surface area contributed by atoms with E-state index in [1.807, 2.05) is 24.3 Å². The Kier molecular flexibility index (Phi) is 7.04.